The molecule has 0 saturated carbocycles. The monoisotopic (exact) mass is 309 g/mol. The van der Waals surface area contributed by atoms with Gasteiger partial charge in [0.05, 0.1) is 19.1 Å². The van der Waals surface area contributed by atoms with Crippen molar-refractivity contribution in [2.75, 3.05) is 24.9 Å². The van der Waals surface area contributed by atoms with Crippen LogP contribution >= 0.6 is 11.6 Å². The van der Waals surface area contributed by atoms with Gasteiger partial charge in [0.15, 0.2) is 11.6 Å². The van der Waals surface area contributed by atoms with Crippen LogP contribution in [-0.2, 0) is 0 Å². The van der Waals surface area contributed by atoms with Crippen LogP contribution < -0.4 is 10.1 Å². The Hall–Kier alpha value is -1.78. The second-order valence-electron chi connectivity index (χ2n) is 4.62. The summed E-state index contributed by atoms with van der Waals surface area (Å²) in [4.78, 5) is 0. The third-order valence-corrected chi connectivity index (χ3v) is 3.42. The maximum absolute atomic E-state index is 13.7. The van der Waals surface area contributed by atoms with Gasteiger partial charge in [-0.25, -0.2) is 4.39 Å². The fourth-order valence-electron chi connectivity index (χ4n) is 1.94. The van der Waals surface area contributed by atoms with Crippen molar-refractivity contribution in [2.45, 2.75) is 6.10 Å². The van der Waals surface area contributed by atoms with E-state index < -0.39 is 11.9 Å². The van der Waals surface area contributed by atoms with Gasteiger partial charge in [-0.05, 0) is 35.4 Å². The molecule has 1 unspecified atom stereocenters. The summed E-state index contributed by atoms with van der Waals surface area (Å²) in [6.07, 6.45) is -0.603. The third kappa shape index (κ3) is 4.09. The molecule has 2 N–H and O–H groups in total. The van der Waals surface area contributed by atoms with Crippen molar-refractivity contribution in [3.63, 3.8) is 0 Å². The molecule has 2 aromatic carbocycles. The Balaban J connectivity index is 2.18. The van der Waals surface area contributed by atoms with E-state index in [9.17, 15) is 9.50 Å². The molecule has 0 aliphatic rings. The molecule has 0 saturated heterocycles. The Labute approximate surface area is 128 Å². The molecule has 0 fully saturated rings. The number of aliphatic hydroxyl groups is 1. The average Bonchev–Trinajstić information content (AvgIpc) is 2.52. The molecule has 1 atom stereocenters. The minimum atomic E-state index is -0.603. The van der Waals surface area contributed by atoms with Crippen LogP contribution in [-0.4, -0.2) is 30.7 Å². The molecule has 3 nitrogen and oxygen atoms in total. The van der Waals surface area contributed by atoms with E-state index in [1.807, 2.05) is 24.3 Å². The molecule has 0 aliphatic carbocycles. The highest BCUT2D eigenvalue weighted by atomic mass is 35.5. The summed E-state index contributed by atoms with van der Waals surface area (Å²) in [5.74, 6) is 0.000289. The van der Waals surface area contributed by atoms with E-state index >= 15 is 0 Å². The number of halogens is 2. The zero-order valence-electron chi connectivity index (χ0n) is 11.6. The zero-order valence-corrected chi connectivity index (χ0v) is 12.4. The van der Waals surface area contributed by atoms with Gasteiger partial charge in [0.2, 0.25) is 0 Å². The molecule has 21 heavy (non-hydrogen) atoms. The molecular formula is C16H17ClFNO2. The quantitative estimate of drug-likeness (QED) is 0.802. The molecule has 0 bridgehead atoms. The third-order valence-electron chi connectivity index (χ3n) is 3.07. The molecule has 0 aliphatic heterocycles. The molecule has 2 aromatic rings. The first-order valence-corrected chi connectivity index (χ1v) is 7.09. The number of alkyl halides is 1. The fourth-order valence-corrected chi connectivity index (χ4v) is 2.05. The fraction of sp³-hybridized carbons (Fsp3) is 0.250. The van der Waals surface area contributed by atoms with Gasteiger partial charge in [-0.3, -0.25) is 0 Å². The van der Waals surface area contributed by atoms with Crippen molar-refractivity contribution in [1.82, 2.24) is 0 Å². The highest BCUT2D eigenvalue weighted by molar-refractivity contribution is 6.18. The summed E-state index contributed by atoms with van der Waals surface area (Å²) in [6, 6.07) is 12.4. The number of hydrogen-bond donors (Lipinski definition) is 2. The standard InChI is InChI=1S/C16H17ClFNO2/c1-21-16-6-5-12(8-15(16)18)11-3-2-4-13(7-11)19-10-14(20)9-17/h2-8,14,19-20H,9-10H2,1H3. The first-order chi connectivity index (χ1) is 10.1. The van der Waals surface area contributed by atoms with E-state index in [0.717, 1.165) is 16.8 Å². The van der Waals surface area contributed by atoms with Crippen molar-refractivity contribution >= 4 is 17.3 Å². The number of anilines is 1. The van der Waals surface area contributed by atoms with Crippen LogP contribution in [0.3, 0.4) is 0 Å². The van der Waals surface area contributed by atoms with Gasteiger partial charge in [0.25, 0.3) is 0 Å². The minimum absolute atomic E-state index is 0.177. The van der Waals surface area contributed by atoms with Crippen LogP contribution in [0.15, 0.2) is 42.5 Å². The van der Waals surface area contributed by atoms with E-state index in [1.165, 1.54) is 13.2 Å². The number of hydrogen-bond acceptors (Lipinski definition) is 3. The molecule has 0 heterocycles. The van der Waals surface area contributed by atoms with Crippen molar-refractivity contribution < 1.29 is 14.2 Å². The van der Waals surface area contributed by atoms with Crippen LogP contribution in [0.1, 0.15) is 0 Å². The summed E-state index contributed by atoms with van der Waals surface area (Å²) in [7, 11) is 1.44. The second-order valence-corrected chi connectivity index (χ2v) is 4.93. The van der Waals surface area contributed by atoms with Crippen molar-refractivity contribution in [1.29, 1.82) is 0 Å². The average molecular weight is 310 g/mol. The maximum Gasteiger partial charge on any atom is 0.165 e. The van der Waals surface area contributed by atoms with Crippen LogP contribution in [0, 0.1) is 5.82 Å². The normalized spacial score (nSPS) is 12.0. The van der Waals surface area contributed by atoms with Gasteiger partial charge >= 0.3 is 0 Å². The topological polar surface area (TPSA) is 41.5 Å². The van der Waals surface area contributed by atoms with Gasteiger partial charge in [0.1, 0.15) is 0 Å². The molecule has 0 amide bonds. The number of benzene rings is 2. The Morgan fingerprint density at radius 2 is 2.00 bits per heavy atom. The molecule has 112 valence electrons. The van der Waals surface area contributed by atoms with E-state index in [0.29, 0.717) is 6.54 Å². The Bertz CT molecular complexity index is 607. The largest absolute Gasteiger partial charge is 0.494 e. The predicted molar refractivity (Wildman–Crippen MR) is 83.6 cm³/mol. The van der Waals surface area contributed by atoms with Gasteiger partial charge in [-0.1, -0.05) is 18.2 Å². The summed E-state index contributed by atoms with van der Waals surface area (Å²) in [5.41, 5.74) is 2.48. The summed E-state index contributed by atoms with van der Waals surface area (Å²) in [6.45, 7) is 0.365. The minimum Gasteiger partial charge on any atom is -0.494 e. The number of aliphatic hydroxyl groups excluding tert-OH is 1. The molecular weight excluding hydrogens is 293 g/mol. The van der Waals surface area contributed by atoms with Crippen LogP contribution in [0.5, 0.6) is 5.75 Å². The van der Waals surface area contributed by atoms with E-state index in [2.05, 4.69) is 5.32 Å². The van der Waals surface area contributed by atoms with Crippen molar-refractivity contribution in [2.24, 2.45) is 0 Å². The highest BCUT2D eigenvalue weighted by Gasteiger charge is 2.06. The molecule has 0 aromatic heterocycles. The lowest BCUT2D eigenvalue weighted by atomic mass is 10.0. The Kier molecular flexibility index (Phi) is 5.42. The van der Waals surface area contributed by atoms with Crippen LogP contribution in [0.4, 0.5) is 10.1 Å². The summed E-state index contributed by atoms with van der Waals surface area (Å²) < 4.78 is 18.7. The van der Waals surface area contributed by atoms with Crippen LogP contribution in [0.2, 0.25) is 0 Å². The highest BCUT2D eigenvalue weighted by Crippen LogP contribution is 2.27. The second kappa shape index (κ2) is 7.29. The Morgan fingerprint density at radius 3 is 2.67 bits per heavy atom. The summed E-state index contributed by atoms with van der Waals surface area (Å²) >= 11 is 5.55. The molecule has 0 spiro atoms. The molecule has 5 heteroatoms. The SMILES string of the molecule is COc1ccc(-c2cccc(NCC(O)CCl)c2)cc1F. The Morgan fingerprint density at radius 1 is 1.24 bits per heavy atom. The van der Waals surface area contributed by atoms with Gasteiger partial charge in [-0.2, -0.15) is 0 Å². The number of ether oxygens (including phenoxy) is 1. The number of methoxy groups -OCH3 is 1. The van der Waals surface area contributed by atoms with E-state index in [1.54, 1.807) is 12.1 Å². The van der Waals surface area contributed by atoms with Crippen molar-refractivity contribution in [3.05, 3.63) is 48.3 Å². The predicted octanol–water partition coefficient (Wildman–Crippen LogP) is 3.51. The van der Waals surface area contributed by atoms with Gasteiger partial charge in [0, 0.05) is 12.2 Å². The lowest BCUT2D eigenvalue weighted by Gasteiger charge is -2.11. The van der Waals surface area contributed by atoms with Crippen LogP contribution in [0.25, 0.3) is 11.1 Å². The first kappa shape index (κ1) is 15.6. The zero-order chi connectivity index (χ0) is 15.2. The number of nitrogens with one attached hydrogen (secondary N) is 1. The van der Waals surface area contributed by atoms with E-state index in [-0.39, 0.29) is 11.6 Å². The summed E-state index contributed by atoms with van der Waals surface area (Å²) in [5, 5.41) is 12.5. The molecule has 2 rings (SSSR count). The van der Waals surface area contributed by atoms with E-state index in [4.69, 9.17) is 16.3 Å². The maximum atomic E-state index is 13.7. The smallest absolute Gasteiger partial charge is 0.165 e. The first-order valence-electron chi connectivity index (χ1n) is 6.56. The van der Waals surface area contributed by atoms with Gasteiger partial charge in [-0.15, -0.1) is 11.6 Å². The molecule has 0 radical (unpaired) electrons. The van der Waals surface area contributed by atoms with Crippen molar-refractivity contribution in [3.8, 4) is 16.9 Å². The van der Waals surface area contributed by atoms with Gasteiger partial charge < -0.3 is 15.2 Å². The lowest BCUT2D eigenvalue weighted by Crippen LogP contribution is -2.20. The lowest BCUT2D eigenvalue weighted by molar-refractivity contribution is 0.211. The number of rotatable bonds is 6.